The molecular weight excluding hydrogens is 485 g/mol. The third kappa shape index (κ3) is 4.22. The maximum absolute atomic E-state index is 13.4. The van der Waals surface area contributed by atoms with Gasteiger partial charge in [0.05, 0.1) is 5.69 Å². The van der Waals surface area contributed by atoms with Gasteiger partial charge >= 0.3 is 6.03 Å². The number of barbiturate groups is 1. The van der Waals surface area contributed by atoms with Gasteiger partial charge in [0.2, 0.25) is 0 Å². The molecule has 0 atom stereocenters. The van der Waals surface area contributed by atoms with Crippen molar-refractivity contribution in [1.82, 2.24) is 9.88 Å². The number of nitrogens with one attached hydrogen (secondary N) is 1. The SMILES string of the molecule is Cc1ccccc1N1C(=O)NC(=O)/C(=C\c2cn(Cc3ccc(Cl)cc3Cl)c3ccccc23)C1=O. The van der Waals surface area contributed by atoms with E-state index in [1.165, 1.54) is 6.08 Å². The number of urea groups is 1. The first-order chi connectivity index (χ1) is 16.8. The molecule has 4 aromatic rings. The number of benzene rings is 3. The Hall–Kier alpha value is -3.87. The second-order valence-corrected chi connectivity index (χ2v) is 9.05. The molecule has 5 rings (SSSR count). The maximum Gasteiger partial charge on any atom is 0.335 e. The first-order valence-corrected chi connectivity index (χ1v) is 11.6. The van der Waals surface area contributed by atoms with Crippen molar-refractivity contribution < 1.29 is 14.4 Å². The van der Waals surface area contributed by atoms with Crippen LogP contribution < -0.4 is 10.2 Å². The van der Waals surface area contributed by atoms with E-state index in [1.807, 2.05) is 47.2 Å². The number of rotatable bonds is 4. The number of aryl methyl sites for hydroxylation is 1. The number of carbonyl (C=O) groups excluding carboxylic acids is 3. The van der Waals surface area contributed by atoms with E-state index < -0.39 is 17.8 Å². The molecular formula is C27H19Cl2N3O3. The number of hydrogen-bond donors (Lipinski definition) is 1. The maximum atomic E-state index is 13.4. The molecule has 35 heavy (non-hydrogen) atoms. The number of halogens is 2. The van der Waals surface area contributed by atoms with Crippen LogP contribution in [0.5, 0.6) is 0 Å². The molecule has 8 heteroatoms. The molecule has 0 unspecified atom stereocenters. The van der Waals surface area contributed by atoms with Gasteiger partial charge in [0.25, 0.3) is 11.8 Å². The first kappa shape index (κ1) is 22.9. The van der Waals surface area contributed by atoms with Crippen LogP contribution in [0.1, 0.15) is 16.7 Å². The molecule has 0 radical (unpaired) electrons. The van der Waals surface area contributed by atoms with Crippen molar-refractivity contribution in [2.75, 3.05) is 4.90 Å². The summed E-state index contributed by atoms with van der Waals surface area (Å²) in [5, 5.41) is 4.24. The van der Waals surface area contributed by atoms with E-state index in [0.717, 1.165) is 26.9 Å². The number of fused-ring (bicyclic) bond motifs is 1. The van der Waals surface area contributed by atoms with Crippen LogP contribution in [-0.2, 0) is 16.1 Å². The standard InChI is InChI=1S/C27H19Cl2N3O3/c1-16-6-2-4-8-23(16)32-26(34)21(25(33)30-27(32)35)12-18-15-31(24-9-5-3-7-20(18)24)14-17-10-11-19(28)13-22(17)29/h2-13,15H,14H2,1H3,(H,30,33,35)/b21-12+. The summed E-state index contributed by atoms with van der Waals surface area (Å²) in [4.78, 5) is 39.6. The van der Waals surface area contributed by atoms with Crippen molar-refractivity contribution in [2.24, 2.45) is 0 Å². The van der Waals surface area contributed by atoms with E-state index in [4.69, 9.17) is 23.2 Å². The fourth-order valence-electron chi connectivity index (χ4n) is 4.20. The minimum Gasteiger partial charge on any atom is -0.342 e. The second kappa shape index (κ2) is 9.06. The Morgan fingerprint density at radius 3 is 2.46 bits per heavy atom. The van der Waals surface area contributed by atoms with E-state index in [0.29, 0.717) is 27.8 Å². The molecule has 1 aromatic heterocycles. The highest BCUT2D eigenvalue weighted by Gasteiger charge is 2.37. The number of amides is 4. The molecule has 1 aliphatic heterocycles. The summed E-state index contributed by atoms with van der Waals surface area (Å²) in [6, 6.07) is 19.2. The minimum atomic E-state index is -0.772. The molecule has 0 aliphatic carbocycles. The van der Waals surface area contributed by atoms with Crippen molar-refractivity contribution in [3.05, 3.63) is 105 Å². The first-order valence-electron chi connectivity index (χ1n) is 10.8. The van der Waals surface area contributed by atoms with E-state index in [-0.39, 0.29) is 5.57 Å². The summed E-state index contributed by atoms with van der Waals surface area (Å²) in [6.07, 6.45) is 3.38. The van der Waals surface area contributed by atoms with Crippen molar-refractivity contribution >= 4 is 63.7 Å². The number of carbonyl (C=O) groups is 3. The second-order valence-electron chi connectivity index (χ2n) is 8.21. The molecule has 1 N–H and O–H groups in total. The van der Waals surface area contributed by atoms with Crippen LogP contribution >= 0.6 is 23.2 Å². The van der Waals surface area contributed by atoms with Gasteiger partial charge in [-0.1, -0.05) is 65.7 Å². The lowest BCUT2D eigenvalue weighted by molar-refractivity contribution is -0.122. The summed E-state index contributed by atoms with van der Waals surface area (Å²) in [7, 11) is 0. The van der Waals surface area contributed by atoms with Crippen LogP contribution in [0, 0.1) is 6.92 Å². The Kier molecular flexibility index (Phi) is 5.93. The molecule has 6 nitrogen and oxygen atoms in total. The molecule has 4 amide bonds. The van der Waals surface area contributed by atoms with Gasteiger partial charge in [-0.05, 0) is 48.4 Å². The zero-order valence-electron chi connectivity index (χ0n) is 18.6. The molecule has 174 valence electrons. The molecule has 0 bridgehead atoms. The third-order valence-electron chi connectivity index (χ3n) is 5.93. The minimum absolute atomic E-state index is 0.125. The number of nitrogens with zero attached hydrogens (tertiary/aromatic N) is 2. The normalized spacial score (nSPS) is 15.2. The summed E-state index contributed by atoms with van der Waals surface area (Å²) in [6.45, 7) is 2.26. The zero-order valence-corrected chi connectivity index (χ0v) is 20.1. The van der Waals surface area contributed by atoms with Crippen LogP contribution in [0.2, 0.25) is 10.0 Å². The van der Waals surface area contributed by atoms with Gasteiger partial charge in [0.1, 0.15) is 5.57 Å². The van der Waals surface area contributed by atoms with Crippen LogP contribution in [-0.4, -0.2) is 22.4 Å². The molecule has 0 saturated carbocycles. The van der Waals surface area contributed by atoms with E-state index in [9.17, 15) is 14.4 Å². The highest BCUT2D eigenvalue weighted by Crippen LogP contribution is 2.29. The van der Waals surface area contributed by atoms with E-state index in [2.05, 4.69) is 5.32 Å². The monoisotopic (exact) mass is 503 g/mol. The lowest BCUT2D eigenvalue weighted by Crippen LogP contribution is -2.54. The van der Waals surface area contributed by atoms with Crippen LogP contribution in [0.25, 0.3) is 17.0 Å². The van der Waals surface area contributed by atoms with Gasteiger partial charge in [-0.2, -0.15) is 0 Å². The summed E-state index contributed by atoms with van der Waals surface area (Å²) in [5.74, 6) is -1.41. The van der Waals surface area contributed by atoms with Gasteiger partial charge < -0.3 is 4.57 Å². The zero-order chi connectivity index (χ0) is 24.7. The van der Waals surface area contributed by atoms with E-state index in [1.54, 1.807) is 37.3 Å². The van der Waals surface area contributed by atoms with Crippen LogP contribution in [0.4, 0.5) is 10.5 Å². The Balaban J connectivity index is 1.58. The summed E-state index contributed by atoms with van der Waals surface area (Å²) >= 11 is 12.4. The Morgan fingerprint density at radius 2 is 1.69 bits per heavy atom. The van der Waals surface area contributed by atoms with E-state index >= 15 is 0 Å². The highest BCUT2D eigenvalue weighted by molar-refractivity contribution is 6.39. The smallest absolute Gasteiger partial charge is 0.335 e. The lowest BCUT2D eigenvalue weighted by atomic mass is 10.1. The number of imide groups is 2. The average Bonchev–Trinajstić information content (AvgIpc) is 3.17. The molecule has 3 aromatic carbocycles. The van der Waals surface area contributed by atoms with Gasteiger partial charge in [0, 0.05) is 39.3 Å². The predicted molar refractivity (Wildman–Crippen MR) is 138 cm³/mol. The van der Waals surface area contributed by atoms with Gasteiger partial charge in [-0.3, -0.25) is 14.9 Å². The largest absolute Gasteiger partial charge is 0.342 e. The molecule has 1 fully saturated rings. The average molecular weight is 504 g/mol. The lowest BCUT2D eigenvalue weighted by Gasteiger charge is -2.27. The Bertz CT molecular complexity index is 1550. The van der Waals surface area contributed by atoms with Crippen molar-refractivity contribution in [3.8, 4) is 0 Å². The van der Waals surface area contributed by atoms with Gasteiger partial charge in [-0.15, -0.1) is 0 Å². The van der Waals surface area contributed by atoms with Crippen molar-refractivity contribution in [1.29, 1.82) is 0 Å². The predicted octanol–water partition coefficient (Wildman–Crippen LogP) is 5.97. The fourth-order valence-corrected chi connectivity index (χ4v) is 4.67. The van der Waals surface area contributed by atoms with Crippen molar-refractivity contribution in [3.63, 3.8) is 0 Å². The highest BCUT2D eigenvalue weighted by atomic mass is 35.5. The summed E-state index contributed by atoms with van der Waals surface area (Å²) < 4.78 is 1.99. The Morgan fingerprint density at radius 1 is 0.943 bits per heavy atom. The molecule has 1 saturated heterocycles. The number of para-hydroxylation sites is 2. The van der Waals surface area contributed by atoms with Gasteiger partial charge in [-0.25, -0.2) is 9.69 Å². The molecule has 0 spiro atoms. The molecule has 1 aliphatic rings. The van der Waals surface area contributed by atoms with Crippen molar-refractivity contribution in [2.45, 2.75) is 13.5 Å². The number of anilines is 1. The topological polar surface area (TPSA) is 71.4 Å². The quantitative estimate of drug-likeness (QED) is 0.275. The Labute approximate surface area is 211 Å². The van der Waals surface area contributed by atoms with Gasteiger partial charge in [0.15, 0.2) is 0 Å². The fraction of sp³-hybridized carbons (Fsp3) is 0.0741. The van der Waals surface area contributed by atoms with Crippen LogP contribution in [0.15, 0.2) is 78.5 Å². The van der Waals surface area contributed by atoms with Crippen LogP contribution in [0.3, 0.4) is 0 Å². The number of hydrogen-bond acceptors (Lipinski definition) is 3. The summed E-state index contributed by atoms with van der Waals surface area (Å²) in [5.41, 5.74) is 3.48. The molecule has 2 heterocycles. The third-order valence-corrected chi connectivity index (χ3v) is 6.52. The number of aromatic nitrogens is 1.